The lowest BCUT2D eigenvalue weighted by Crippen LogP contribution is -2.30. The lowest BCUT2D eigenvalue weighted by atomic mass is 9.89. The molecule has 1 aliphatic rings. The molecule has 3 heteroatoms. The van der Waals surface area contributed by atoms with Crippen LogP contribution in [0.5, 0.6) is 0 Å². The second kappa shape index (κ2) is 6.17. The van der Waals surface area contributed by atoms with Gasteiger partial charge in [0.1, 0.15) is 0 Å². The molecule has 0 atom stereocenters. The molecule has 2 aromatic carbocycles. The number of hydrogen-bond acceptors (Lipinski definition) is 2. The zero-order valence-electron chi connectivity index (χ0n) is 12.3. The summed E-state index contributed by atoms with van der Waals surface area (Å²) in [7, 11) is 0. The molecule has 0 radical (unpaired) electrons. The third-order valence-electron chi connectivity index (χ3n) is 4.44. The maximum atomic E-state index is 12.4. The molecular formula is C18H22N2O. The summed E-state index contributed by atoms with van der Waals surface area (Å²) in [4.78, 5) is 12.4. The van der Waals surface area contributed by atoms with Crippen LogP contribution in [0, 0.1) is 5.92 Å². The Balaban J connectivity index is 1.73. The van der Waals surface area contributed by atoms with Gasteiger partial charge in [0.15, 0.2) is 0 Å². The molecule has 110 valence electrons. The SMILES string of the molecule is Nc1cc2ccccc2cc1C(=O)NCC1CCCCC1. The number of anilines is 1. The van der Waals surface area contributed by atoms with Gasteiger partial charge in [-0.1, -0.05) is 43.5 Å². The molecule has 1 fully saturated rings. The number of amides is 1. The monoisotopic (exact) mass is 282 g/mol. The van der Waals surface area contributed by atoms with Crippen molar-refractivity contribution in [2.75, 3.05) is 12.3 Å². The van der Waals surface area contributed by atoms with E-state index in [2.05, 4.69) is 5.32 Å². The number of benzene rings is 2. The van der Waals surface area contributed by atoms with E-state index >= 15 is 0 Å². The summed E-state index contributed by atoms with van der Waals surface area (Å²) in [5, 5.41) is 5.17. The van der Waals surface area contributed by atoms with Crippen LogP contribution in [-0.2, 0) is 0 Å². The highest BCUT2D eigenvalue weighted by Crippen LogP contribution is 2.24. The van der Waals surface area contributed by atoms with Gasteiger partial charge in [0.05, 0.1) is 5.56 Å². The van der Waals surface area contributed by atoms with Gasteiger partial charge in [0.2, 0.25) is 0 Å². The van der Waals surface area contributed by atoms with Crippen molar-refractivity contribution in [2.24, 2.45) is 5.92 Å². The van der Waals surface area contributed by atoms with Gasteiger partial charge in [-0.05, 0) is 41.7 Å². The first-order valence-electron chi connectivity index (χ1n) is 7.80. The molecule has 0 spiro atoms. The minimum Gasteiger partial charge on any atom is -0.398 e. The molecule has 3 rings (SSSR count). The van der Waals surface area contributed by atoms with Gasteiger partial charge < -0.3 is 11.1 Å². The third kappa shape index (κ3) is 3.18. The Hall–Kier alpha value is -2.03. The average molecular weight is 282 g/mol. The standard InChI is InChI=1S/C18H22N2O/c19-17-11-15-9-5-4-8-14(15)10-16(17)18(21)20-12-13-6-2-1-3-7-13/h4-5,8-11,13H,1-3,6-7,12,19H2,(H,20,21). The zero-order valence-corrected chi connectivity index (χ0v) is 12.3. The molecule has 1 saturated carbocycles. The fraction of sp³-hybridized carbons (Fsp3) is 0.389. The molecule has 3 N–H and O–H groups in total. The maximum Gasteiger partial charge on any atom is 0.253 e. The summed E-state index contributed by atoms with van der Waals surface area (Å²) >= 11 is 0. The number of hydrogen-bond donors (Lipinski definition) is 2. The van der Waals surface area contributed by atoms with E-state index in [-0.39, 0.29) is 5.91 Å². The van der Waals surface area contributed by atoms with Crippen molar-refractivity contribution in [1.82, 2.24) is 5.32 Å². The molecule has 0 aliphatic heterocycles. The first-order valence-corrected chi connectivity index (χ1v) is 7.80. The molecule has 0 unspecified atom stereocenters. The molecule has 21 heavy (non-hydrogen) atoms. The number of nitrogens with two attached hydrogens (primary N) is 1. The van der Waals surface area contributed by atoms with Crippen LogP contribution in [0.2, 0.25) is 0 Å². The Bertz CT molecular complexity index is 645. The Labute approximate surface area is 125 Å². The van der Waals surface area contributed by atoms with Crippen molar-refractivity contribution in [3.63, 3.8) is 0 Å². The molecule has 1 amide bonds. The summed E-state index contributed by atoms with van der Waals surface area (Å²) in [5.74, 6) is 0.577. The number of carbonyl (C=O) groups excluding carboxylic acids is 1. The Morgan fingerprint density at radius 2 is 1.76 bits per heavy atom. The highest BCUT2D eigenvalue weighted by atomic mass is 16.1. The van der Waals surface area contributed by atoms with Crippen LogP contribution in [0.3, 0.4) is 0 Å². The normalized spacial score (nSPS) is 16.0. The van der Waals surface area contributed by atoms with Gasteiger partial charge in [-0.3, -0.25) is 4.79 Å². The first-order chi connectivity index (χ1) is 10.2. The van der Waals surface area contributed by atoms with Crippen molar-refractivity contribution in [2.45, 2.75) is 32.1 Å². The van der Waals surface area contributed by atoms with Gasteiger partial charge in [0, 0.05) is 12.2 Å². The zero-order chi connectivity index (χ0) is 14.7. The summed E-state index contributed by atoms with van der Waals surface area (Å²) in [5.41, 5.74) is 7.17. The quantitative estimate of drug-likeness (QED) is 0.843. The van der Waals surface area contributed by atoms with E-state index in [1.807, 2.05) is 36.4 Å². The number of rotatable bonds is 3. The Morgan fingerprint density at radius 3 is 2.48 bits per heavy atom. The predicted octanol–water partition coefficient (Wildman–Crippen LogP) is 3.73. The Morgan fingerprint density at radius 1 is 1.10 bits per heavy atom. The maximum absolute atomic E-state index is 12.4. The van der Waals surface area contributed by atoms with E-state index in [9.17, 15) is 4.79 Å². The summed E-state index contributed by atoms with van der Waals surface area (Å²) in [6.45, 7) is 0.769. The predicted molar refractivity (Wildman–Crippen MR) is 87.3 cm³/mol. The van der Waals surface area contributed by atoms with Gasteiger partial charge in [-0.25, -0.2) is 0 Å². The van der Waals surface area contributed by atoms with E-state index in [1.54, 1.807) is 0 Å². The smallest absolute Gasteiger partial charge is 0.253 e. The summed E-state index contributed by atoms with van der Waals surface area (Å²) in [6.07, 6.45) is 6.38. The van der Waals surface area contributed by atoms with Crippen molar-refractivity contribution in [3.05, 3.63) is 42.0 Å². The average Bonchev–Trinajstić information content (AvgIpc) is 2.53. The molecule has 0 aromatic heterocycles. The van der Waals surface area contributed by atoms with E-state index in [0.29, 0.717) is 17.2 Å². The number of nitrogen functional groups attached to an aromatic ring is 1. The van der Waals surface area contributed by atoms with E-state index in [4.69, 9.17) is 5.73 Å². The second-order valence-corrected chi connectivity index (χ2v) is 6.00. The fourth-order valence-electron chi connectivity index (χ4n) is 3.18. The van der Waals surface area contributed by atoms with Crippen molar-refractivity contribution >= 4 is 22.4 Å². The molecule has 1 aliphatic carbocycles. The van der Waals surface area contributed by atoms with Crippen LogP contribution in [0.1, 0.15) is 42.5 Å². The highest BCUT2D eigenvalue weighted by Gasteiger charge is 2.16. The van der Waals surface area contributed by atoms with Crippen LogP contribution >= 0.6 is 0 Å². The third-order valence-corrected chi connectivity index (χ3v) is 4.44. The van der Waals surface area contributed by atoms with Gasteiger partial charge in [-0.2, -0.15) is 0 Å². The van der Waals surface area contributed by atoms with Crippen molar-refractivity contribution in [3.8, 4) is 0 Å². The first kappa shape index (κ1) is 13.9. The van der Waals surface area contributed by atoms with Crippen molar-refractivity contribution in [1.29, 1.82) is 0 Å². The highest BCUT2D eigenvalue weighted by molar-refractivity contribution is 6.03. The molecule has 3 nitrogen and oxygen atoms in total. The molecule has 2 aromatic rings. The van der Waals surface area contributed by atoms with E-state index < -0.39 is 0 Å². The van der Waals surface area contributed by atoms with Crippen LogP contribution in [0.25, 0.3) is 10.8 Å². The second-order valence-electron chi connectivity index (χ2n) is 6.00. The minimum atomic E-state index is -0.0520. The number of fused-ring (bicyclic) bond motifs is 1. The summed E-state index contributed by atoms with van der Waals surface area (Å²) < 4.78 is 0. The summed E-state index contributed by atoms with van der Waals surface area (Å²) in [6, 6.07) is 11.7. The van der Waals surface area contributed by atoms with Crippen LogP contribution < -0.4 is 11.1 Å². The molecule has 0 bridgehead atoms. The lowest BCUT2D eigenvalue weighted by Gasteiger charge is -2.21. The topological polar surface area (TPSA) is 55.1 Å². The van der Waals surface area contributed by atoms with Crippen molar-refractivity contribution < 1.29 is 4.79 Å². The van der Waals surface area contributed by atoms with E-state index in [0.717, 1.165) is 17.3 Å². The van der Waals surface area contributed by atoms with E-state index in [1.165, 1.54) is 32.1 Å². The largest absolute Gasteiger partial charge is 0.398 e. The Kier molecular flexibility index (Phi) is 4.09. The van der Waals surface area contributed by atoms with Gasteiger partial charge >= 0.3 is 0 Å². The minimum absolute atomic E-state index is 0.0520. The number of nitrogens with one attached hydrogen (secondary N) is 1. The van der Waals surface area contributed by atoms with Gasteiger partial charge in [0.25, 0.3) is 5.91 Å². The van der Waals surface area contributed by atoms with Crippen LogP contribution in [0.4, 0.5) is 5.69 Å². The molecular weight excluding hydrogens is 260 g/mol. The lowest BCUT2D eigenvalue weighted by molar-refractivity contribution is 0.0944. The van der Waals surface area contributed by atoms with Crippen LogP contribution in [-0.4, -0.2) is 12.5 Å². The molecule has 0 saturated heterocycles. The molecule has 0 heterocycles. The van der Waals surface area contributed by atoms with Crippen LogP contribution in [0.15, 0.2) is 36.4 Å². The number of carbonyl (C=O) groups is 1. The van der Waals surface area contributed by atoms with Gasteiger partial charge in [-0.15, -0.1) is 0 Å². The fourth-order valence-corrected chi connectivity index (χ4v) is 3.18.